The quantitative estimate of drug-likeness (QED) is 0.730. The van der Waals surface area contributed by atoms with Crippen LogP contribution in [0.2, 0.25) is 0 Å². The molecule has 98 valence electrons. The number of aromatic nitrogens is 4. The van der Waals surface area contributed by atoms with Crippen LogP contribution in [-0.2, 0) is 12.2 Å². The third-order valence-electron chi connectivity index (χ3n) is 2.48. The Kier molecular flexibility index (Phi) is 3.65. The number of thiophene rings is 1. The molecule has 7 heteroatoms. The van der Waals surface area contributed by atoms with E-state index in [1.807, 2.05) is 24.4 Å². The molecule has 0 aliphatic carbocycles. The fourth-order valence-corrected chi connectivity index (χ4v) is 2.88. The van der Waals surface area contributed by atoms with Gasteiger partial charge in [-0.2, -0.15) is 0 Å². The van der Waals surface area contributed by atoms with Gasteiger partial charge in [-0.05, 0) is 11.4 Å². The van der Waals surface area contributed by atoms with Crippen molar-refractivity contribution in [3.63, 3.8) is 0 Å². The average molecular weight is 292 g/mol. The van der Waals surface area contributed by atoms with Crippen molar-refractivity contribution in [3.05, 3.63) is 35.3 Å². The molecule has 0 radical (unpaired) electrons. The van der Waals surface area contributed by atoms with E-state index in [4.69, 9.17) is 4.42 Å². The minimum Gasteiger partial charge on any atom is -0.444 e. The largest absolute Gasteiger partial charge is 0.444 e. The average Bonchev–Trinajstić information content (AvgIpc) is 3.16. The van der Waals surface area contributed by atoms with Gasteiger partial charge in [0, 0.05) is 12.2 Å². The third-order valence-corrected chi connectivity index (χ3v) is 4.22. The number of hydrogen-bond acceptors (Lipinski definition) is 6. The lowest BCUT2D eigenvalue weighted by Crippen LogP contribution is -1.83. The third kappa shape index (κ3) is 2.87. The molecule has 1 N–H and O–H groups in total. The topological polar surface area (TPSA) is 67.6 Å². The van der Waals surface area contributed by atoms with Crippen molar-refractivity contribution < 1.29 is 4.42 Å². The molecule has 3 aromatic rings. The summed E-state index contributed by atoms with van der Waals surface area (Å²) in [6, 6.07) is 3.98. The lowest BCUT2D eigenvalue weighted by Gasteiger charge is -1.90. The number of rotatable bonds is 5. The van der Waals surface area contributed by atoms with Crippen LogP contribution in [0.1, 0.15) is 18.4 Å². The zero-order valence-corrected chi connectivity index (χ0v) is 11.9. The highest BCUT2D eigenvalue weighted by molar-refractivity contribution is 7.98. The number of aryl methyl sites for hydroxylation is 1. The molecule has 0 aliphatic rings. The monoisotopic (exact) mass is 292 g/mol. The van der Waals surface area contributed by atoms with Crippen molar-refractivity contribution >= 4 is 23.1 Å². The van der Waals surface area contributed by atoms with E-state index >= 15 is 0 Å². The van der Waals surface area contributed by atoms with Crippen LogP contribution < -0.4 is 0 Å². The van der Waals surface area contributed by atoms with Gasteiger partial charge in [0.1, 0.15) is 12.1 Å². The summed E-state index contributed by atoms with van der Waals surface area (Å²) in [6.07, 6.45) is 2.55. The molecule has 0 saturated heterocycles. The number of thioether (sulfide) groups is 1. The van der Waals surface area contributed by atoms with Crippen LogP contribution in [0.3, 0.4) is 0 Å². The predicted octanol–water partition coefficient (Wildman–Crippen LogP) is 3.38. The molecule has 0 amide bonds. The number of nitrogens with one attached hydrogen (secondary N) is 1. The second-order valence-electron chi connectivity index (χ2n) is 3.83. The second kappa shape index (κ2) is 5.58. The van der Waals surface area contributed by atoms with Gasteiger partial charge in [0.25, 0.3) is 0 Å². The molecule has 5 nitrogen and oxygen atoms in total. The standard InChI is InChI=1S/C12H12N4OS2/c1-2-10-14-12(16-15-10)19-7-8-6-17-11(13-8)9-4-3-5-18-9/h3-6H,2,7H2,1H3,(H,14,15,16). The van der Waals surface area contributed by atoms with Crippen molar-refractivity contribution in [1.29, 1.82) is 0 Å². The van der Waals surface area contributed by atoms with E-state index in [1.165, 1.54) is 0 Å². The van der Waals surface area contributed by atoms with Crippen LogP contribution in [0, 0.1) is 0 Å². The summed E-state index contributed by atoms with van der Waals surface area (Å²) >= 11 is 3.17. The van der Waals surface area contributed by atoms with Crippen molar-refractivity contribution in [2.24, 2.45) is 0 Å². The second-order valence-corrected chi connectivity index (χ2v) is 5.72. The Morgan fingerprint density at radius 2 is 2.37 bits per heavy atom. The molecule has 3 heterocycles. The Labute approximate surface area is 118 Å². The zero-order valence-electron chi connectivity index (χ0n) is 10.3. The summed E-state index contributed by atoms with van der Waals surface area (Å²) in [6.45, 7) is 2.04. The van der Waals surface area contributed by atoms with Crippen molar-refractivity contribution in [3.8, 4) is 10.8 Å². The minimum atomic E-state index is 0.676. The molecule has 0 bridgehead atoms. The van der Waals surface area contributed by atoms with Gasteiger partial charge >= 0.3 is 0 Å². The molecule has 19 heavy (non-hydrogen) atoms. The smallest absolute Gasteiger partial charge is 0.236 e. The van der Waals surface area contributed by atoms with Crippen LogP contribution in [0.25, 0.3) is 10.8 Å². The number of oxazole rings is 1. The van der Waals surface area contributed by atoms with Crippen LogP contribution >= 0.6 is 23.1 Å². The summed E-state index contributed by atoms with van der Waals surface area (Å²) in [5, 5.41) is 9.78. The molecular weight excluding hydrogens is 280 g/mol. The van der Waals surface area contributed by atoms with Crippen molar-refractivity contribution in [2.45, 2.75) is 24.3 Å². The maximum absolute atomic E-state index is 5.46. The molecule has 0 aromatic carbocycles. The van der Waals surface area contributed by atoms with E-state index in [-0.39, 0.29) is 0 Å². The fraction of sp³-hybridized carbons (Fsp3) is 0.250. The maximum Gasteiger partial charge on any atom is 0.236 e. The van der Waals surface area contributed by atoms with Gasteiger partial charge in [0.15, 0.2) is 0 Å². The van der Waals surface area contributed by atoms with Crippen LogP contribution in [0.15, 0.2) is 33.3 Å². The Bertz CT molecular complexity index is 644. The van der Waals surface area contributed by atoms with Crippen molar-refractivity contribution in [1.82, 2.24) is 20.2 Å². The SMILES string of the molecule is CCc1nc(SCc2coc(-c3cccs3)n2)n[nH]1. The first kappa shape index (κ1) is 12.4. The summed E-state index contributed by atoms with van der Waals surface area (Å²) in [7, 11) is 0. The Morgan fingerprint density at radius 1 is 1.42 bits per heavy atom. The molecular formula is C12H12N4OS2. The van der Waals surface area contributed by atoms with Gasteiger partial charge in [-0.3, -0.25) is 5.10 Å². The summed E-state index contributed by atoms with van der Waals surface area (Å²) in [5.41, 5.74) is 0.899. The first-order valence-corrected chi connectivity index (χ1v) is 7.74. The highest BCUT2D eigenvalue weighted by atomic mass is 32.2. The van der Waals surface area contributed by atoms with Gasteiger partial charge in [0.05, 0.1) is 10.6 Å². The Hall–Kier alpha value is -1.60. The van der Waals surface area contributed by atoms with E-state index in [0.717, 1.165) is 28.0 Å². The minimum absolute atomic E-state index is 0.676. The predicted molar refractivity (Wildman–Crippen MR) is 75.1 cm³/mol. The lowest BCUT2D eigenvalue weighted by atomic mass is 10.5. The number of aromatic amines is 1. The number of hydrogen-bond donors (Lipinski definition) is 1. The molecule has 0 spiro atoms. The molecule has 0 fully saturated rings. The fourth-order valence-electron chi connectivity index (χ4n) is 1.53. The first-order valence-electron chi connectivity index (χ1n) is 5.87. The van der Waals surface area contributed by atoms with Gasteiger partial charge in [-0.1, -0.05) is 24.8 Å². The molecule has 0 atom stereocenters. The van der Waals surface area contributed by atoms with E-state index in [2.05, 4.69) is 20.2 Å². The highest BCUT2D eigenvalue weighted by Gasteiger charge is 2.09. The van der Waals surface area contributed by atoms with E-state index in [9.17, 15) is 0 Å². The van der Waals surface area contributed by atoms with E-state index < -0.39 is 0 Å². The molecule has 0 saturated carbocycles. The molecule has 3 aromatic heterocycles. The van der Waals surface area contributed by atoms with Crippen LogP contribution in [0.5, 0.6) is 0 Å². The van der Waals surface area contributed by atoms with Gasteiger partial charge in [-0.15, -0.1) is 16.4 Å². The summed E-state index contributed by atoms with van der Waals surface area (Å²) in [4.78, 5) is 9.84. The molecule has 0 unspecified atom stereocenters. The highest BCUT2D eigenvalue weighted by Crippen LogP contribution is 2.25. The van der Waals surface area contributed by atoms with Gasteiger partial charge in [-0.25, -0.2) is 9.97 Å². The maximum atomic E-state index is 5.46. The lowest BCUT2D eigenvalue weighted by molar-refractivity contribution is 0.575. The van der Waals surface area contributed by atoms with E-state index in [1.54, 1.807) is 29.4 Å². The Balaban J connectivity index is 1.64. The number of nitrogens with zero attached hydrogens (tertiary/aromatic N) is 3. The van der Waals surface area contributed by atoms with Gasteiger partial charge in [0.2, 0.25) is 11.0 Å². The normalized spacial score (nSPS) is 11.0. The zero-order chi connectivity index (χ0) is 13.1. The molecule has 3 rings (SSSR count). The summed E-state index contributed by atoms with van der Waals surface area (Å²) < 4.78 is 5.46. The summed E-state index contributed by atoms with van der Waals surface area (Å²) in [5.74, 6) is 2.28. The van der Waals surface area contributed by atoms with E-state index in [0.29, 0.717) is 11.6 Å². The van der Waals surface area contributed by atoms with Crippen molar-refractivity contribution in [2.75, 3.05) is 0 Å². The van der Waals surface area contributed by atoms with Gasteiger partial charge < -0.3 is 4.42 Å². The Morgan fingerprint density at radius 3 is 3.11 bits per heavy atom. The first-order chi connectivity index (χ1) is 9.35. The van der Waals surface area contributed by atoms with Crippen LogP contribution in [-0.4, -0.2) is 20.2 Å². The number of H-pyrrole nitrogens is 1. The van der Waals surface area contributed by atoms with Crippen LogP contribution in [0.4, 0.5) is 0 Å². The molecule has 0 aliphatic heterocycles.